The molecule has 0 spiro atoms. The Kier molecular flexibility index (Phi) is 9.57. The average molecular weight is 731 g/mol. The highest BCUT2D eigenvalue weighted by Gasteiger charge is 2.28. The molecule has 0 bridgehead atoms. The van der Waals surface area contributed by atoms with Gasteiger partial charge in [0.1, 0.15) is 11.6 Å². The van der Waals surface area contributed by atoms with Crippen molar-refractivity contribution in [2.75, 3.05) is 86.6 Å². The second-order valence-corrected chi connectivity index (χ2v) is 15.7. The Balaban J connectivity index is 1.21. The molecule has 0 amide bonds. The van der Waals surface area contributed by atoms with Gasteiger partial charge in [-0.1, -0.05) is 0 Å². The van der Waals surface area contributed by atoms with Crippen LogP contribution in [0, 0.1) is 6.92 Å². The van der Waals surface area contributed by atoms with Crippen LogP contribution < -0.4 is 24.6 Å². The lowest BCUT2D eigenvalue weighted by atomic mass is 10.0. The van der Waals surface area contributed by atoms with Crippen molar-refractivity contribution < 1.29 is 13.2 Å². The van der Waals surface area contributed by atoms with Gasteiger partial charge in [0.15, 0.2) is 0 Å². The van der Waals surface area contributed by atoms with Gasteiger partial charge < -0.3 is 25.2 Å². The molecule has 12 nitrogen and oxygen atoms in total. The van der Waals surface area contributed by atoms with Crippen LogP contribution >= 0.6 is 27.3 Å². The van der Waals surface area contributed by atoms with Crippen LogP contribution in [0.3, 0.4) is 0 Å². The first-order valence-electron chi connectivity index (χ1n) is 15.2. The Bertz CT molecular complexity index is 1820. The second-order valence-electron chi connectivity index (χ2n) is 12.0. The van der Waals surface area contributed by atoms with Gasteiger partial charge in [0, 0.05) is 70.3 Å². The normalized spacial score (nSPS) is 17.0. The minimum atomic E-state index is -3.52. The van der Waals surface area contributed by atoms with Gasteiger partial charge in [-0.15, -0.1) is 11.3 Å². The van der Waals surface area contributed by atoms with E-state index in [1.54, 1.807) is 24.9 Å². The summed E-state index contributed by atoms with van der Waals surface area (Å²) in [5, 5.41) is 6.65. The summed E-state index contributed by atoms with van der Waals surface area (Å²) in [4.78, 5) is 21.1. The molecule has 6 rings (SSSR count). The summed E-state index contributed by atoms with van der Waals surface area (Å²) in [5.41, 5.74) is 6.56. The standard InChI is InChI=1S/C31H40BrN9O3S2/c1-20-14-24(28(44-4)17-26(20)41-8-6-21(7-9-41)40-12-10-38(2)11-13-40)36-31-33-18-22(32)30(37-31)35-23-16-29-25(34-19-45-29)15-27(23)39(3)46(5,42)43/h14-19,21H,6-13H2,1-5H3,(H2,33,35,36,37). The number of halogens is 1. The van der Waals surface area contributed by atoms with E-state index in [-0.39, 0.29) is 0 Å². The smallest absolute Gasteiger partial charge is 0.232 e. The van der Waals surface area contributed by atoms with Gasteiger partial charge in [0.05, 0.1) is 50.6 Å². The molecule has 0 unspecified atom stereocenters. The molecule has 0 radical (unpaired) electrons. The van der Waals surface area contributed by atoms with Crippen LogP contribution in [0.1, 0.15) is 18.4 Å². The van der Waals surface area contributed by atoms with Crippen molar-refractivity contribution >= 4 is 82.0 Å². The molecular formula is C31H40BrN9O3S2. The third-order valence-electron chi connectivity index (χ3n) is 8.91. The van der Waals surface area contributed by atoms with Crippen LogP contribution in [0.5, 0.6) is 5.75 Å². The summed E-state index contributed by atoms with van der Waals surface area (Å²) in [7, 11) is 1.87. The molecule has 4 heterocycles. The maximum atomic E-state index is 12.5. The quantitative estimate of drug-likeness (QED) is 0.235. The van der Waals surface area contributed by atoms with Gasteiger partial charge in [0.2, 0.25) is 16.0 Å². The van der Waals surface area contributed by atoms with Crippen LogP contribution in [-0.4, -0.2) is 106 Å². The Morgan fingerprint density at radius 3 is 2.46 bits per heavy atom. The first-order chi connectivity index (χ1) is 22.0. The van der Waals surface area contributed by atoms with Gasteiger partial charge in [-0.3, -0.25) is 9.21 Å². The van der Waals surface area contributed by atoms with Crippen LogP contribution in [0.15, 0.2) is 40.4 Å². The molecule has 2 aromatic heterocycles. The number of ether oxygens (including phenoxy) is 1. The van der Waals surface area contributed by atoms with E-state index in [0.29, 0.717) is 39.4 Å². The molecule has 0 aliphatic carbocycles. The Morgan fingerprint density at radius 2 is 1.76 bits per heavy atom. The van der Waals surface area contributed by atoms with Gasteiger partial charge in [-0.25, -0.2) is 18.4 Å². The first kappa shape index (κ1) is 32.7. The fourth-order valence-corrected chi connectivity index (χ4v) is 7.64. The summed E-state index contributed by atoms with van der Waals surface area (Å²) in [5.74, 6) is 1.54. The topological polar surface area (TPSA) is 119 Å². The lowest BCUT2D eigenvalue weighted by Crippen LogP contribution is -2.52. The van der Waals surface area contributed by atoms with Crippen LogP contribution in [0.2, 0.25) is 0 Å². The lowest BCUT2D eigenvalue weighted by molar-refractivity contribution is 0.0982. The van der Waals surface area contributed by atoms with Gasteiger partial charge >= 0.3 is 0 Å². The van der Waals surface area contributed by atoms with Gasteiger partial charge in [-0.05, 0) is 66.5 Å². The number of aromatic nitrogens is 3. The van der Waals surface area contributed by atoms with Gasteiger partial charge in [-0.2, -0.15) is 4.98 Å². The summed E-state index contributed by atoms with van der Waals surface area (Å²) < 4.78 is 33.5. The number of nitrogens with one attached hydrogen (secondary N) is 2. The number of piperazine rings is 1. The molecule has 2 fully saturated rings. The monoisotopic (exact) mass is 729 g/mol. The Hall–Kier alpha value is -3.24. The summed E-state index contributed by atoms with van der Waals surface area (Å²) >= 11 is 5.03. The highest BCUT2D eigenvalue weighted by atomic mass is 79.9. The maximum Gasteiger partial charge on any atom is 0.232 e. The molecule has 2 N–H and O–H groups in total. The molecule has 46 heavy (non-hydrogen) atoms. The number of aryl methyl sites for hydroxylation is 1. The Morgan fingerprint density at radius 1 is 1.02 bits per heavy atom. The van der Waals surface area contributed by atoms with E-state index in [1.807, 2.05) is 6.07 Å². The van der Waals surface area contributed by atoms with E-state index in [1.165, 1.54) is 34.6 Å². The molecule has 2 aliphatic heterocycles. The van der Waals surface area contributed by atoms with Crippen LogP contribution in [-0.2, 0) is 10.0 Å². The number of thiazole rings is 1. The molecule has 0 saturated carbocycles. The molecule has 15 heteroatoms. The van der Waals surface area contributed by atoms with E-state index in [0.717, 1.165) is 73.6 Å². The highest BCUT2D eigenvalue weighted by molar-refractivity contribution is 9.10. The number of methoxy groups -OCH3 is 1. The third-order valence-corrected chi connectivity index (χ3v) is 11.5. The van der Waals surface area contributed by atoms with Crippen molar-refractivity contribution in [3.05, 3.63) is 46.0 Å². The van der Waals surface area contributed by atoms with Gasteiger partial charge in [0.25, 0.3) is 0 Å². The zero-order valence-electron chi connectivity index (χ0n) is 26.7. The number of piperidine rings is 1. The van der Waals surface area contributed by atoms with Crippen molar-refractivity contribution in [1.29, 1.82) is 0 Å². The summed E-state index contributed by atoms with van der Waals surface area (Å²) in [6.07, 6.45) is 5.14. The minimum absolute atomic E-state index is 0.362. The zero-order chi connectivity index (χ0) is 32.6. The number of rotatable bonds is 9. The number of nitrogens with zero attached hydrogens (tertiary/aromatic N) is 7. The van der Waals surface area contributed by atoms with Crippen LogP contribution in [0.25, 0.3) is 10.2 Å². The van der Waals surface area contributed by atoms with E-state index in [4.69, 9.17) is 9.72 Å². The number of sulfonamides is 1. The number of hydrogen-bond donors (Lipinski definition) is 2. The van der Waals surface area contributed by atoms with E-state index >= 15 is 0 Å². The van der Waals surface area contributed by atoms with Crippen LogP contribution in [0.4, 0.5) is 34.5 Å². The fourth-order valence-electron chi connectivity index (χ4n) is 6.14. The molecule has 246 valence electrons. The number of fused-ring (bicyclic) bond motifs is 1. The largest absolute Gasteiger partial charge is 0.494 e. The van der Waals surface area contributed by atoms with Crippen molar-refractivity contribution in [3.8, 4) is 5.75 Å². The molecule has 0 atom stereocenters. The number of hydrogen-bond acceptors (Lipinski definition) is 12. The van der Waals surface area contributed by atoms with E-state index < -0.39 is 10.0 Å². The highest BCUT2D eigenvalue weighted by Crippen LogP contribution is 2.38. The molecule has 4 aromatic rings. The number of likely N-dealkylation sites (N-methyl/N-ethyl adjacent to an activating group) is 1. The van der Waals surface area contributed by atoms with Crippen molar-refractivity contribution in [1.82, 2.24) is 24.8 Å². The molecule has 2 aromatic carbocycles. The molecular weight excluding hydrogens is 690 g/mol. The fraction of sp³-hybridized carbons (Fsp3) is 0.452. The molecule has 2 aliphatic rings. The summed E-state index contributed by atoms with van der Waals surface area (Å²) in [6, 6.07) is 8.47. The predicted octanol–water partition coefficient (Wildman–Crippen LogP) is 5.27. The summed E-state index contributed by atoms with van der Waals surface area (Å²) in [6.45, 7) is 8.76. The van der Waals surface area contributed by atoms with E-state index in [2.05, 4.69) is 77.3 Å². The third kappa shape index (κ3) is 7.03. The number of anilines is 6. The maximum absolute atomic E-state index is 12.5. The van der Waals surface area contributed by atoms with Crippen molar-refractivity contribution in [3.63, 3.8) is 0 Å². The average Bonchev–Trinajstić information content (AvgIpc) is 3.50. The Labute approximate surface area is 283 Å². The predicted molar refractivity (Wildman–Crippen MR) is 191 cm³/mol. The van der Waals surface area contributed by atoms with Crippen molar-refractivity contribution in [2.45, 2.75) is 25.8 Å². The number of benzene rings is 2. The molecule has 2 saturated heterocycles. The second kappa shape index (κ2) is 13.5. The minimum Gasteiger partial charge on any atom is -0.494 e. The lowest BCUT2D eigenvalue weighted by Gasteiger charge is -2.43. The zero-order valence-corrected chi connectivity index (χ0v) is 30.0. The van der Waals surface area contributed by atoms with Crippen molar-refractivity contribution in [2.24, 2.45) is 0 Å². The van der Waals surface area contributed by atoms with E-state index in [9.17, 15) is 8.42 Å². The SMILES string of the molecule is COc1cc(N2CCC(N3CCN(C)CC3)CC2)c(C)cc1Nc1ncc(Br)c(Nc2cc3scnc3cc2N(C)S(C)(=O)=O)n1. The first-order valence-corrected chi connectivity index (χ1v) is 18.8.